The second-order valence-electron chi connectivity index (χ2n) is 6.32. The van der Waals surface area contributed by atoms with Crippen LogP contribution in [-0.4, -0.2) is 78.0 Å². The second-order valence-corrected chi connectivity index (χ2v) is 12.9. The van der Waals surface area contributed by atoms with Crippen molar-refractivity contribution in [1.82, 2.24) is 0 Å². The Hall–Kier alpha value is -2.27. The number of para-hydroxylation sites is 1. The maximum atomic E-state index is 10.4. The Morgan fingerprint density at radius 3 is 1.43 bits per heavy atom. The molecule has 0 aliphatic carbocycles. The smallest absolute Gasteiger partial charge is 0.319 e. The minimum atomic E-state index is -3.92. The van der Waals surface area contributed by atoms with Crippen LogP contribution < -0.4 is 28.4 Å². The van der Waals surface area contributed by atoms with Crippen molar-refractivity contribution in [2.45, 2.75) is 19.7 Å². The maximum absolute atomic E-state index is 10.4. The van der Waals surface area contributed by atoms with Gasteiger partial charge in [-0.25, -0.2) is 13.7 Å². The van der Waals surface area contributed by atoms with Crippen molar-refractivity contribution in [3.05, 3.63) is 30.3 Å². The number of hydrogen-bond acceptors (Lipinski definition) is 16. The van der Waals surface area contributed by atoms with Crippen molar-refractivity contribution in [2.24, 2.45) is 0 Å². The lowest BCUT2D eigenvalue weighted by Gasteiger charge is -2.10. The van der Waals surface area contributed by atoms with E-state index < -0.39 is 25.3 Å². The first-order chi connectivity index (χ1) is 18.7. The fraction of sp³-hybridized carbons (Fsp3) is 0.455. The molecular weight excluding hydrogens is 662 g/mol. The van der Waals surface area contributed by atoms with Crippen molar-refractivity contribution in [3.8, 4) is 34.5 Å². The van der Waals surface area contributed by atoms with E-state index in [-0.39, 0.29) is 14.9 Å². The lowest BCUT2D eigenvalue weighted by molar-refractivity contribution is -0.438. The molecule has 1 unspecified atom stereocenters. The molecule has 0 bridgehead atoms. The van der Waals surface area contributed by atoms with E-state index in [4.69, 9.17) is 50.9 Å². The van der Waals surface area contributed by atoms with Crippen LogP contribution in [-0.2, 0) is 54.1 Å². The maximum Gasteiger partial charge on any atom is 0.319 e. The third-order valence-electron chi connectivity index (χ3n) is 3.61. The van der Waals surface area contributed by atoms with E-state index in [0.717, 1.165) is 11.6 Å². The Morgan fingerprint density at radius 1 is 0.810 bits per heavy atom. The SMILES string of the molecule is C.C.COc1ccc([SH2+])c(OC)c1OC.COc1cccc(OC)c1OC.CP(=O)(OOO)P=O.CS(=O)(=O)[O-].O=S. The molecule has 0 radical (unpaired) electrons. The molecule has 246 valence electrons. The van der Waals surface area contributed by atoms with Crippen LogP contribution in [0, 0.1) is 0 Å². The van der Waals surface area contributed by atoms with Gasteiger partial charge in [0.05, 0.1) is 52.8 Å². The van der Waals surface area contributed by atoms with Crippen LogP contribution >= 0.6 is 15.2 Å². The summed E-state index contributed by atoms with van der Waals surface area (Å²) < 4.78 is 89.5. The minimum Gasteiger partial charge on any atom is -0.748 e. The fourth-order valence-electron chi connectivity index (χ4n) is 2.20. The molecule has 0 aliphatic rings. The molecule has 15 nitrogen and oxygen atoms in total. The van der Waals surface area contributed by atoms with E-state index in [2.05, 4.69) is 34.9 Å². The van der Waals surface area contributed by atoms with Crippen LogP contribution in [0.5, 0.6) is 34.5 Å². The fourth-order valence-corrected chi connectivity index (χ4v) is 2.82. The molecule has 0 aliphatic heterocycles. The molecule has 0 aromatic heterocycles. The van der Waals surface area contributed by atoms with E-state index in [1.807, 2.05) is 30.3 Å². The molecule has 0 saturated heterocycles. The molecule has 0 amide bonds. The van der Waals surface area contributed by atoms with Gasteiger partial charge in [-0.2, -0.15) is 4.21 Å². The summed E-state index contributed by atoms with van der Waals surface area (Å²) in [7, 11) is 1.69. The Balaban J connectivity index is -0.000000146. The largest absolute Gasteiger partial charge is 0.748 e. The summed E-state index contributed by atoms with van der Waals surface area (Å²) in [5, 5.41) is 10.5. The lowest BCUT2D eigenvalue weighted by atomic mass is 10.3. The van der Waals surface area contributed by atoms with Gasteiger partial charge in [-0.15, -0.1) is 4.67 Å². The number of benzene rings is 2. The van der Waals surface area contributed by atoms with Gasteiger partial charge in [-0.3, -0.25) is 9.13 Å². The van der Waals surface area contributed by atoms with Gasteiger partial charge in [0.15, 0.2) is 34.7 Å². The van der Waals surface area contributed by atoms with Gasteiger partial charge in [0, 0.05) is 19.0 Å². The average molecular weight is 703 g/mol. The highest BCUT2D eigenvalue weighted by Gasteiger charge is 2.17. The third-order valence-corrected chi connectivity index (χ3v) is 5.73. The quantitative estimate of drug-likeness (QED) is 0.126. The van der Waals surface area contributed by atoms with Crippen LogP contribution in [0.1, 0.15) is 14.9 Å². The molecule has 0 fully saturated rings. The van der Waals surface area contributed by atoms with Gasteiger partial charge in [-0.1, -0.05) is 26.0 Å². The summed E-state index contributed by atoms with van der Waals surface area (Å²) in [6, 6.07) is 9.14. The summed E-state index contributed by atoms with van der Waals surface area (Å²) in [6.07, 6.45) is 0.604. The monoisotopic (exact) mass is 702 g/mol. The molecule has 1 N–H and O–H groups in total. The lowest BCUT2D eigenvalue weighted by Crippen LogP contribution is -1.95. The normalized spacial score (nSPS) is 10.5. The van der Waals surface area contributed by atoms with Crippen LogP contribution in [0.2, 0.25) is 0 Å². The molecular formula is C22H40O15P2S3. The van der Waals surface area contributed by atoms with Gasteiger partial charge >= 0.3 is 7.06 Å². The van der Waals surface area contributed by atoms with E-state index in [0.29, 0.717) is 40.8 Å². The summed E-state index contributed by atoms with van der Waals surface area (Å²) >= 11 is 6.24. The summed E-state index contributed by atoms with van der Waals surface area (Å²) in [5.41, 5.74) is 0. The topological polar surface area (TPSA) is 202 Å². The molecule has 2 rings (SSSR count). The predicted octanol–water partition coefficient (Wildman–Crippen LogP) is 4.41. The molecule has 42 heavy (non-hydrogen) atoms. The highest BCUT2D eigenvalue weighted by molar-refractivity contribution is 8.17. The predicted molar refractivity (Wildman–Crippen MR) is 164 cm³/mol. The molecule has 0 spiro atoms. The third kappa shape index (κ3) is 22.3. The first kappa shape index (κ1) is 49.4. The highest BCUT2D eigenvalue weighted by atomic mass is 32.2. The van der Waals surface area contributed by atoms with Gasteiger partial charge in [-0.05, 0) is 30.8 Å². The number of hydrogen-bond donors (Lipinski definition) is 1. The molecule has 2 aromatic carbocycles. The Bertz CT molecular complexity index is 1120. The summed E-state index contributed by atoms with van der Waals surface area (Å²) in [4.78, 5) is 0.833. The first-order valence-electron chi connectivity index (χ1n) is 9.95. The first-order valence-corrected chi connectivity index (χ1v) is 16.2. The highest BCUT2D eigenvalue weighted by Crippen LogP contribution is 2.55. The Morgan fingerprint density at radius 2 is 1.17 bits per heavy atom. The van der Waals surface area contributed by atoms with Crippen molar-refractivity contribution in [2.75, 3.05) is 55.6 Å². The molecule has 0 heterocycles. The van der Waals surface area contributed by atoms with E-state index in [9.17, 15) is 9.13 Å². The van der Waals surface area contributed by atoms with E-state index in [1.54, 1.807) is 42.7 Å². The van der Waals surface area contributed by atoms with Crippen LogP contribution in [0.25, 0.3) is 0 Å². The van der Waals surface area contributed by atoms with Crippen molar-refractivity contribution in [1.29, 1.82) is 0 Å². The van der Waals surface area contributed by atoms with E-state index >= 15 is 0 Å². The van der Waals surface area contributed by atoms with Gasteiger partial charge in [0.25, 0.3) is 8.15 Å². The summed E-state index contributed by atoms with van der Waals surface area (Å²) in [5.74, 6) is 3.87. The number of rotatable bonds is 9. The van der Waals surface area contributed by atoms with Crippen LogP contribution in [0.4, 0.5) is 0 Å². The molecule has 1 atom stereocenters. The number of ether oxygens (including phenoxy) is 6. The van der Waals surface area contributed by atoms with Crippen molar-refractivity contribution >= 4 is 50.5 Å². The molecule has 2 aromatic rings. The van der Waals surface area contributed by atoms with Crippen molar-refractivity contribution < 1.29 is 69.7 Å². The molecule has 20 heteroatoms. The Kier molecular flexibility index (Phi) is 32.4. The average Bonchev–Trinajstić information content (AvgIpc) is 2.93. The van der Waals surface area contributed by atoms with Gasteiger partial charge in [0.2, 0.25) is 17.2 Å². The summed E-state index contributed by atoms with van der Waals surface area (Å²) in [6.45, 7) is 1.05. The second kappa shape index (κ2) is 27.6. The number of methoxy groups -OCH3 is 6. The van der Waals surface area contributed by atoms with Gasteiger partial charge in [0.1, 0.15) is 0 Å². The minimum absolute atomic E-state index is 0. The zero-order valence-corrected chi connectivity index (χ0v) is 27.2. The molecule has 0 saturated carbocycles. The van der Waals surface area contributed by atoms with E-state index in [1.165, 1.54) is 0 Å². The zero-order chi connectivity index (χ0) is 31.9. The van der Waals surface area contributed by atoms with Gasteiger partial charge < -0.3 is 33.0 Å². The Labute approximate surface area is 259 Å². The standard InChI is InChI=1S/C9H12O3S.C9H12O3.CH4O5P2.CH4O3S.2CH4.OS/c1-10-6-4-5-7(13)9(12-3)8(6)11-2;1-10-7-5-4-6-8(11-2)9(7)12-3;1-8(4,7-3)6-5-2;1-5(2,3)4;;;1-2/h4-5,13H,1-3H3;4-6H,1-3H3;2H,1H3;1H3,(H,2,3,4);2*1H4;. The zero-order valence-electron chi connectivity index (χ0n) is 22.8. The van der Waals surface area contributed by atoms with Crippen LogP contribution in [0.15, 0.2) is 35.2 Å². The van der Waals surface area contributed by atoms with Crippen LogP contribution in [0.3, 0.4) is 0 Å². The van der Waals surface area contributed by atoms with Crippen molar-refractivity contribution in [3.63, 3.8) is 0 Å².